The van der Waals surface area contributed by atoms with Crippen LogP contribution in [0.3, 0.4) is 0 Å². The van der Waals surface area contributed by atoms with Crippen LogP contribution in [0.1, 0.15) is 15.9 Å². The summed E-state index contributed by atoms with van der Waals surface area (Å²) in [6.45, 7) is 0. The second-order valence-corrected chi connectivity index (χ2v) is 4.68. The number of aromatic carboxylic acids is 1. The molecule has 0 saturated heterocycles. The SMILES string of the molecule is O=C(Cc1ccccc1)Nc1cc(Cl)cc(C(=O)O)c1. The van der Waals surface area contributed by atoms with Crippen LogP contribution in [0.15, 0.2) is 48.5 Å². The molecule has 0 unspecified atom stereocenters. The highest BCUT2D eigenvalue weighted by Gasteiger charge is 2.09. The van der Waals surface area contributed by atoms with E-state index in [1.165, 1.54) is 18.2 Å². The highest BCUT2D eigenvalue weighted by molar-refractivity contribution is 6.31. The van der Waals surface area contributed by atoms with Crippen molar-refractivity contribution < 1.29 is 14.7 Å². The minimum absolute atomic E-state index is 0.0347. The first kappa shape index (κ1) is 14.1. The molecule has 2 N–H and O–H groups in total. The molecule has 20 heavy (non-hydrogen) atoms. The summed E-state index contributed by atoms with van der Waals surface area (Å²) < 4.78 is 0. The average molecular weight is 290 g/mol. The van der Waals surface area contributed by atoms with Gasteiger partial charge in [0.05, 0.1) is 12.0 Å². The Bertz CT molecular complexity index is 641. The van der Waals surface area contributed by atoms with Crippen LogP contribution in [0.5, 0.6) is 0 Å². The number of carbonyl (C=O) groups is 2. The van der Waals surface area contributed by atoms with E-state index in [0.29, 0.717) is 5.69 Å². The fourth-order valence-electron chi connectivity index (χ4n) is 1.77. The highest BCUT2D eigenvalue weighted by atomic mass is 35.5. The summed E-state index contributed by atoms with van der Waals surface area (Å²) in [6, 6.07) is 13.5. The number of anilines is 1. The predicted octanol–water partition coefficient (Wildman–Crippen LogP) is 3.22. The second kappa shape index (κ2) is 6.21. The molecule has 0 aromatic heterocycles. The van der Waals surface area contributed by atoms with Crippen molar-refractivity contribution in [3.63, 3.8) is 0 Å². The molecule has 0 spiro atoms. The summed E-state index contributed by atoms with van der Waals surface area (Å²) in [7, 11) is 0. The van der Waals surface area contributed by atoms with E-state index >= 15 is 0 Å². The Labute approximate surface area is 121 Å². The zero-order valence-electron chi connectivity index (χ0n) is 10.5. The van der Waals surface area contributed by atoms with Crippen molar-refractivity contribution in [1.82, 2.24) is 0 Å². The fraction of sp³-hybridized carbons (Fsp3) is 0.0667. The van der Waals surface area contributed by atoms with Crippen molar-refractivity contribution in [3.8, 4) is 0 Å². The molecule has 0 bridgehead atoms. The first-order valence-corrected chi connectivity index (χ1v) is 6.30. The number of hydrogen-bond acceptors (Lipinski definition) is 2. The lowest BCUT2D eigenvalue weighted by molar-refractivity contribution is -0.115. The Morgan fingerprint density at radius 3 is 2.45 bits per heavy atom. The number of rotatable bonds is 4. The van der Waals surface area contributed by atoms with Gasteiger partial charge in [0.25, 0.3) is 0 Å². The molecule has 0 saturated carbocycles. The number of nitrogens with one attached hydrogen (secondary N) is 1. The van der Waals surface area contributed by atoms with E-state index < -0.39 is 5.97 Å². The lowest BCUT2D eigenvalue weighted by Crippen LogP contribution is -2.14. The Balaban J connectivity index is 2.10. The van der Waals surface area contributed by atoms with Gasteiger partial charge in [-0.2, -0.15) is 0 Å². The van der Waals surface area contributed by atoms with Crippen LogP contribution >= 0.6 is 11.6 Å². The van der Waals surface area contributed by atoms with Crippen LogP contribution in [-0.2, 0) is 11.2 Å². The molecular formula is C15H12ClNO3. The van der Waals surface area contributed by atoms with E-state index in [1.807, 2.05) is 30.3 Å². The van der Waals surface area contributed by atoms with Gasteiger partial charge in [-0.25, -0.2) is 4.79 Å². The van der Waals surface area contributed by atoms with Crippen molar-refractivity contribution in [2.24, 2.45) is 0 Å². The molecule has 2 rings (SSSR count). The zero-order valence-corrected chi connectivity index (χ0v) is 11.2. The molecule has 0 heterocycles. The second-order valence-electron chi connectivity index (χ2n) is 4.24. The van der Waals surface area contributed by atoms with Crippen LogP contribution < -0.4 is 5.32 Å². The molecule has 1 amide bonds. The molecule has 0 atom stereocenters. The van der Waals surface area contributed by atoms with Gasteiger partial charge >= 0.3 is 5.97 Å². The van der Waals surface area contributed by atoms with Gasteiger partial charge in [-0.15, -0.1) is 0 Å². The number of carboxylic acid groups (broad SMARTS) is 1. The van der Waals surface area contributed by atoms with E-state index in [9.17, 15) is 9.59 Å². The van der Waals surface area contributed by atoms with Crippen molar-refractivity contribution >= 4 is 29.2 Å². The first-order chi connectivity index (χ1) is 9.54. The molecule has 0 aliphatic carbocycles. The number of amides is 1. The third-order valence-electron chi connectivity index (χ3n) is 2.64. The third kappa shape index (κ3) is 3.83. The topological polar surface area (TPSA) is 66.4 Å². The minimum Gasteiger partial charge on any atom is -0.478 e. The van der Waals surface area contributed by atoms with E-state index in [2.05, 4.69) is 5.32 Å². The van der Waals surface area contributed by atoms with E-state index in [-0.39, 0.29) is 22.9 Å². The maximum Gasteiger partial charge on any atom is 0.335 e. The molecule has 0 aliphatic rings. The Hall–Kier alpha value is -2.33. The lowest BCUT2D eigenvalue weighted by atomic mass is 10.1. The third-order valence-corrected chi connectivity index (χ3v) is 2.85. The number of halogens is 1. The first-order valence-electron chi connectivity index (χ1n) is 5.92. The molecule has 0 aliphatic heterocycles. The van der Waals surface area contributed by atoms with Crippen LogP contribution in [0.4, 0.5) is 5.69 Å². The molecule has 5 heteroatoms. The summed E-state index contributed by atoms with van der Waals surface area (Å²) in [5.74, 6) is -1.32. The molecule has 102 valence electrons. The molecular weight excluding hydrogens is 278 g/mol. The van der Waals surface area contributed by atoms with Crippen LogP contribution in [0.25, 0.3) is 0 Å². The normalized spacial score (nSPS) is 10.1. The van der Waals surface area contributed by atoms with Gasteiger partial charge in [0.1, 0.15) is 0 Å². The van der Waals surface area contributed by atoms with Crippen LogP contribution in [0, 0.1) is 0 Å². The Morgan fingerprint density at radius 1 is 1.10 bits per heavy atom. The van der Waals surface area contributed by atoms with Gasteiger partial charge in [0.15, 0.2) is 0 Å². The van der Waals surface area contributed by atoms with Gasteiger partial charge in [-0.1, -0.05) is 41.9 Å². The van der Waals surface area contributed by atoms with Gasteiger partial charge in [0.2, 0.25) is 5.91 Å². The molecule has 0 fully saturated rings. The van der Waals surface area contributed by atoms with Crippen LogP contribution in [0.2, 0.25) is 5.02 Å². The molecule has 2 aromatic rings. The average Bonchev–Trinajstić information content (AvgIpc) is 2.38. The Morgan fingerprint density at radius 2 is 1.80 bits per heavy atom. The highest BCUT2D eigenvalue weighted by Crippen LogP contribution is 2.19. The van der Waals surface area contributed by atoms with Crippen LogP contribution in [-0.4, -0.2) is 17.0 Å². The van der Waals surface area contributed by atoms with Gasteiger partial charge in [-0.05, 0) is 23.8 Å². The van der Waals surface area contributed by atoms with Gasteiger partial charge in [-0.3, -0.25) is 4.79 Å². The molecule has 0 radical (unpaired) electrons. The quantitative estimate of drug-likeness (QED) is 0.908. The van der Waals surface area contributed by atoms with Gasteiger partial charge < -0.3 is 10.4 Å². The largest absolute Gasteiger partial charge is 0.478 e. The number of carboxylic acids is 1. The van der Waals surface area contributed by atoms with Gasteiger partial charge in [0, 0.05) is 10.7 Å². The van der Waals surface area contributed by atoms with E-state index in [1.54, 1.807) is 0 Å². The minimum atomic E-state index is -1.09. The number of hydrogen-bond donors (Lipinski definition) is 2. The maximum absolute atomic E-state index is 11.9. The predicted molar refractivity (Wildman–Crippen MR) is 77.2 cm³/mol. The summed E-state index contributed by atoms with van der Waals surface area (Å²) in [5.41, 5.74) is 1.29. The maximum atomic E-state index is 11.9. The van der Waals surface area contributed by atoms with Crippen molar-refractivity contribution in [1.29, 1.82) is 0 Å². The number of benzene rings is 2. The molecule has 4 nitrogen and oxygen atoms in total. The van der Waals surface area contributed by atoms with Crippen molar-refractivity contribution in [2.45, 2.75) is 6.42 Å². The summed E-state index contributed by atoms with van der Waals surface area (Å²) in [4.78, 5) is 22.8. The van der Waals surface area contributed by atoms with E-state index in [0.717, 1.165) is 5.56 Å². The monoisotopic (exact) mass is 289 g/mol. The van der Waals surface area contributed by atoms with Crippen molar-refractivity contribution in [3.05, 3.63) is 64.7 Å². The van der Waals surface area contributed by atoms with E-state index in [4.69, 9.17) is 16.7 Å². The number of carbonyl (C=O) groups excluding carboxylic acids is 1. The zero-order chi connectivity index (χ0) is 14.5. The Kier molecular flexibility index (Phi) is 4.38. The summed E-state index contributed by atoms with van der Waals surface area (Å²) >= 11 is 5.82. The summed E-state index contributed by atoms with van der Waals surface area (Å²) in [6.07, 6.45) is 0.218. The molecule has 2 aromatic carbocycles. The van der Waals surface area contributed by atoms with Crippen molar-refractivity contribution in [2.75, 3.05) is 5.32 Å². The summed E-state index contributed by atoms with van der Waals surface area (Å²) in [5, 5.41) is 11.8. The standard InChI is InChI=1S/C15H12ClNO3/c16-12-7-11(15(19)20)8-13(9-12)17-14(18)6-10-4-2-1-3-5-10/h1-5,7-9H,6H2,(H,17,18)(H,19,20). The lowest BCUT2D eigenvalue weighted by Gasteiger charge is -2.07. The fourth-order valence-corrected chi connectivity index (χ4v) is 2.01. The smallest absolute Gasteiger partial charge is 0.335 e.